The highest BCUT2D eigenvalue weighted by Gasteiger charge is 2.22. The Morgan fingerprint density at radius 2 is 1.90 bits per heavy atom. The number of benzene rings is 1. The van der Waals surface area contributed by atoms with Gasteiger partial charge in [0.2, 0.25) is 5.91 Å². The number of amides is 1. The third-order valence-electron chi connectivity index (χ3n) is 4.65. The Kier molecular flexibility index (Phi) is 7.13. The molecule has 0 saturated carbocycles. The van der Waals surface area contributed by atoms with Gasteiger partial charge >= 0.3 is 6.61 Å². The average Bonchev–Trinajstić information content (AvgIpc) is 3.08. The van der Waals surface area contributed by atoms with Crippen molar-refractivity contribution in [3.05, 3.63) is 41.7 Å². The summed E-state index contributed by atoms with van der Waals surface area (Å²) in [6.07, 6.45) is -0.735. The van der Waals surface area contributed by atoms with Gasteiger partial charge in [-0.2, -0.15) is 8.78 Å². The monoisotopic (exact) mass is 410 g/mol. The molecule has 8 nitrogen and oxygen atoms in total. The van der Waals surface area contributed by atoms with Crippen molar-refractivity contribution >= 4 is 11.7 Å². The van der Waals surface area contributed by atoms with Gasteiger partial charge in [0.1, 0.15) is 11.5 Å². The standard InChI is InChI=1S/C19H24F2N4O4/c1-13-10-17(23-29-13)22-18(27)12-25-8-6-24(7-9-25)11-16(26)14-2-4-15(5-3-14)28-19(20)21/h2-5,10,16,19,26H,6-9,11-12H2,1H3,(H,22,23,27)/t16-/m0/s1. The van der Waals surface area contributed by atoms with Crippen molar-refractivity contribution in [1.29, 1.82) is 0 Å². The van der Waals surface area contributed by atoms with E-state index in [9.17, 15) is 18.7 Å². The molecule has 1 atom stereocenters. The number of carbonyl (C=O) groups is 1. The topological polar surface area (TPSA) is 91.1 Å². The van der Waals surface area contributed by atoms with Gasteiger partial charge in [-0.1, -0.05) is 17.3 Å². The van der Waals surface area contributed by atoms with E-state index in [0.717, 1.165) is 0 Å². The fourth-order valence-electron chi connectivity index (χ4n) is 3.16. The number of aliphatic hydroxyl groups is 1. The lowest BCUT2D eigenvalue weighted by atomic mass is 10.1. The van der Waals surface area contributed by atoms with E-state index >= 15 is 0 Å². The third-order valence-corrected chi connectivity index (χ3v) is 4.65. The molecule has 1 aromatic heterocycles. The van der Waals surface area contributed by atoms with E-state index < -0.39 is 12.7 Å². The van der Waals surface area contributed by atoms with Crippen molar-refractivity contribution in [1.82, 2.24) is 15.0 Å². The van der Waals surface area contributed by atoms with Crippen LogP contribution in [0.3, 0.4) is 0 Å². The summed E-state index contributed by atoms with van der Waals surface area (Å²) in [4.78, 5) is 16.2. The highest BCUT2D eigenvalue weighted by molar-refractivity contribution is 5.91. The number of rotatable bonds is 8. The fraction of sp³-hybridized carbons (Fsp3) is 0.474. The van der Waals surface area contributed by atoms with Crippen LogP contribution in [0.4, 0.5) is 14.6 Å². The lowest BCUT2D eigenvalue weighted by Crippen LogP contribution is -2.49. The molecule has 1 amide bonds. The maximum Gasteiger partial charge on any atom is 0.387 e. The Morgan fingerprint density at radius 3 is 2.48 bits per heavy atom. The van der Waals surface area contributed by atoms with Gasteiger partial charge in [0.15, 0.2) is 5.82 Å². The first-order valence-corrected chi connectivity index (χ1v) is 9.30. The summed E-state index contributed by atoms with van der Waals surface area (Å²) in [5.41, 5.74) is 0.635. The number of aromatic nitrogens is 1. The predicted molar refractivity (Wildman–Crippen MR) is 101 cm³/mol. The highest BCUT2D eigenvalue weighted by Crippen LogP contribution is 2.20. The molecule has 3 rings (SSSR count). The maximum absolute atomic E-state index is 12.2. The largest absolute Gasteiger partial charge is 0.435 e. The summed E-state index contributed by atoms with van der Waals surface area (Å²) in [7, 11) is 0. The van der Waals surface area contributed by atoms with Crippen molar-refractivity contribution in [2.45, 2.75) is 19.6 Å². The Balaban J connectivity index is 1.40. The second-order valence-electron chi connectivity index (χ2n) is 6.91. The number of halogens is 2. The lowest BCUT2D eigenvalue weighted by molar-refractivity contribution is -0.117. The molecule has 1 aliphatic heterocycles. The molecule has 1 aliphatic rings. The smallest absolute Gasteiger partial charge is 0.387 e. The van der Waals surface area contributed by atoms with Gasteiger partial charge in [-0.05, 0) is 24.6 Å². The molecule has 0 bridgehead atoms. The number of ether oxygens (including phenoxy) is 1. The van der Waals surface area contributed by atoms with Crippen LogP contribution >= 0.6 is 0 Å². The van der Waals surface area contributed by atoms with Crippen LogP contribution in [0.15, 0.2) is 34.9 Å². The quantitative estimate of drug-likeness (QED) is 0.687. The summed E-state index contributed by atoms with van der Waals surface area (Å²) >= 11 is 0. The maximum atomic E-state index is 12.2. The molecule has 158 valence electrons. The van der Waals surface area contributed by atoms with E-state index in [2.05, 4.69) is 20.1 Å². The van der Waals surface area contributed by atoms with Crippen LogP contribution in [-0.2, 0) is 4.79 Å². The molecule has 0 aliphatic carbocycles. The zero-order valence-corrected chi connectivity index (χ0v) is 16.1. The Labute approximate surface area is 167 Å². The molecular weight excluding hydrogens is 386 g/mol. The second-order valence-corrected chi connectivity index (χ2v) is 6.91. The fourth-order valence-corrected chi connectivity index (χ4v) is 3.16. The molecule has 2 N–H and O–H groups in total. The summed E-state index contributed by atoms with van der Waals surface area (Å²) in [5.74, 6) is 0.935. The summed E-state index contributed by atoms with van der Waals surface area (Å²) in [5, 5.41) is 16.8. The second kappa shape index (κ2) is 9.77. The van der Waals surface area contributed by atoms with Crippen LogP contribution in [0.25, 0.3) is 0 Å². The van der Waals surface area contributed by atoms with Gasteiger partial charge < -0.3 is 19.7 Å². The molecule has 2 aromatic rings. The molecule has 0 spiro atoms. The van der Waals surface area contributed by atoms with Crippen LogP contribution in [-0.4, -0.2) is 71.9 Å². The van der Waals surface area contributed by atoms with Crippen LogP contribution < -0.4 is 10.1 Å². The van der Waals surface area contributed by atoms with E-state index in [1.54, 1.807) is 25.1 Å². The third kappa shape index (κ3) is 6.48. The number of aryl methyl sites for hydroxylation is 1. The zero-order valence-electron chi connectivity index (χ0n) is 16.1. The number of hydrogen-bond donors (Lipinski definition) is 2. The van der Waals surface area contributed by atoms with Crippen LogP contribution in [0.2, 0.25) is 0 Å². The minimum absolute atomic E-state index is 0.0589. The molecule has 29 heavy (non-hydrogen) atoms. The first kappa shape index (κ1) is 21.2. The molecule has 2 heterocycles. The van der Waals surface area contributed by atoms with E-state index in [-0.39, 0.29) is 18.2 Å². The summed E-state index contributed by atoms with van der Waals surface area (Å²) in [6.45, 7) is 2.37. The lowest BCUT2D eigenvalue weighted by Gasteiger charge is -2.35. The van der Waals surface area contributed by atoms with Crippen LogP contribution in [0.1, 0.15) is 17.4 Å². The zero-order chi connectivity index (χ0) is 20.8. The molecule has 1 aromatic carbocycles. The number of β-amino-alcohol motifs (C(OH)–C–C–N with tert-alkyl or cyclic N) is 1. The van der Waals surface area contributed by atoms with E-state index in [4.69, 9.17) is 4.52 Å². The highest BCUT2D eigenvalue weighted by atomic mass is 19.3. The van der Waals surface area contributed by atoms with Gasteiger partial charge in [0.25, 0.3) is 0 Å². The van der Waals surface area contributed by atoms with Crippen molar-refractivity contribution in [3.8, 4) is 5.75 Å². The normalized spacial score (nSPS) is 16.7. The first-order chi connectivity index (χ1) is 13.9. The number of carbonyl (C=O) groups excluding carboxylic acids is 1. The Bertz CT molecular complexity index is 792. The molecule has 1 fully saturated rings. The summed E-state index contributed by atoms with van der Waals surface area (Å²) in [6, 6.07) is 7.64. The SMILES string of the molecule is Cc1cc(NC(=O)CN2CCN(C[C@H](O)c3ccc(OC(F)F)cc3)CC2)no1. The summed E-state index contributed by atoms with van der Waals surface area (Å²) < 4.78 is 33.6. The number of piperazine rings is 1. The van der Waals surface area contributed by atoms with E-state index in [1.807, 2.05) is 4.90 Å². The number of hydrogen-bond acceptors (Lipinski definition) is 7. The molecule has 0 radical (unpaired) electrons. The molecular formula is C19H24F2N4O4. The minimum atomic E-state index is -2.87. The first-order valence-electron chi connectivity index (χ1n) is 9.30. The molecule has 1 saturated heterocycles. The van der Waals surface area contributed by atoms with Crippen molar-refractivity contribution in [2.24, 2.45) is 0 Å². The number of anilines is 1. The van der Waals surface area contributed by atoms with E-state index in [1.165, 1.54) is 12.1 Å². The van der Waals surface area contributed by atoms with Crippen molar-refractivity contribution in [2.75, 3.05) is 44.6 Å². The van der Waals surface area contributed by atoms with Crippen LogP contribution in [0.5, 0.6) is 5.75 Å². The number of aliphatic hydroxyl groups excluding tert-OH is 1. The van der Waals surface area contributed by atoms with E-state index in [0.29, 0.717) is 49.9 Å². The van der Waals surface area contributed by atoms with Gasteiger partial charge in [0, 0.05) is 38.8 Å². The van der Waals surface area contributed by atoms with Crippen molar-refractivity contribution in [3.63, 3.8) is 0 Å². The molecule has 0 unspecified atom stereocenters. The Morgan fingerprint density at radius 1 is 1.24 bits per heavy atom. The van der Waals surface area contributed by atoms with Gasteiger partial charge in [0.05, 0.1) is 12.6 Å². The van der Waals surface area contributed by atoms with Gasteiger partial charge in [-0.25, -0.2) is 0 Å². The predicted octanol–water partition coefficient (Wildman–Crippen LogP) is 1.87. The van der Waals surface area contributed by atoms with Gasteiger partial charge in [-0.3, -0.25) is 14.6 Å². The Hall–Kier alpha value is -2.56. The van der Waals surface area contributed by atoms with Crippen LogP contribution in [0, 0.1) is 6.92 Å². The van der Waals surface area contributed by atoms with Gasteiger partial charge in [-0.15, -0.1) is 0 Å². The number of nitrogens with zero attached hydrogens (tertiary/aromatic N) is 3. The minimum Gasteiger partial charge on any atom is -0.435 e. The number of nitrogens with one attached hydrogen (secondary N) is 1. The molecule has 10 heteroatoms. The van der Waals surface area contributed by atoms with Crippen molar-refractivity contribution < 1.29 is 27.9 Å². The average molecular weight is 410 g/mol. The number of alkyl halides is 2.